The number of hydrogen-bond acceptors (Lipinski definition) is 4. The van der Waals surface area contributed by atoms with E-state index < -0.39 is 10.9 Å². The maximum atomic E-state index is 11.2. The summed E-state index contributed by atoms with van der Waals surface area (Å²) < 4.78 is 1.78. The van der Waals surface area contributed by atoms with Gasteiger partial charge in [-0.3, -0.25) is 14.9 Å². The fourth-order valence-electron chi connectivity index (χ4n) is 2.60. The van der Waals surface area contributed by atoms with Crippen LogP contribution in [0.15, 0.2) is 17.0 Å². The summed E-state index contributed by atoms with van der Waals surface area (Å²) in [6, 6.07) is 3.24. The summed E-state index contributed by atoms with van der Waals surface area (Å²) in [4.78, 5) is 22.6. The Hall–Kier alpha value is -2.02. The lowest BCUT2D eigenvalue weighted by Crippen LogP contribution is -1.99. The van der Waals surface area contributed by atoms with Gasteiger partial charge in [-0.05, 0) is 31.2 Å². The van der Waals surface area contributed by atoms with E-state index in [1.54, 1.807) is 17.7 Å². The van der Waals surface area contributed by atoms with Gasteiger partial charge >= 0.3 is 5.97 Å². The van der Waals surface area contributed by atoms with Crippen LogP contribution in [0, 0.1) is 17.0 Å². The lowest BCUT2D eigenvalue weighted by atomic mass is 10.1. The number of nitro groups is 1. The minimum Gasteiger partial charge on any atom is -0.481 e. The Morgan fingerprint density at radius 1 is 1.48 bits per heavy atom. The van der Waals surface area contributed by atoms with E-state index in [1.165, 1.54) is 17.8 Å². The second-order valence-electron chi connectivity index (χ2n) is 4.78. The highest BCUT2D eigenvalue weighted by atomic mass is 32.2. The minimum atomic E-state index is -0.873. The Labute approximate surface area is 125 Å². The first-order valence-electron chi connectivity index (χ1n) is 6.39. The second-order valence-corrected chi connectivity index (χ2v) is 5.63. The van der Waals surface area contributed by atoms with Crippen LogP contribution in [-0.4, -0.2) is 26.8 Å². The van der Waals surface area contributed by atoms with Crippen molar-refractivity contribution in [3.8, 4) is 0 Å². The third-order valence-electron chi connectivity index (χ3n) is 3.70. The number of non-ortho nitro benzene ring substituents is 1. The molecule has 1 heterocycles. The summed E-state index contributed by atoms with van der Waals surface area (Å²) in [6.45, 7) is 1.87. The van der Waals surface area contributed by atoms with Crippen molar-refractivity contribution < 1.29 is 14.8 Å². The maximum absolute atomic E-state index is 11.2. The van der Waals surface area contributed by atoms with Crippen molar-refractivity contribution in [2.75, 3.05) is 6.26 Å². The van der Waals surface area contributed by atoms with E-state index in [2.05, 4.69) is 0 Å². The number of aliphatic carboxylic acids is 1. The molecule has 0 radical (unpaired) electrons. The average Bonchev–Trinajstić information content (AvgIpc) is 2.68. The fourth-order valence-corrected chi connectivity index (χ4v) is 3.23. The zero-order valence-corrected chi connectivity index (χ0v) is 12.9. The van der Waals surface area contributed by atoms with Gasteiger partial charge in [-0.2, -0.15) is 0 Å². The number of hydrogen-bond donors (Lipinski definition) is 1. The molecule has 1 N–H and O–H groups in total. The predicted octanol–water partition coefficient (Wildman–Crippen LogP) is 3.13. The molecule has 7 heteroatoms. The molecule has 0 amide bonds. The normalized spacial score (nSPS) is 11.0. The first-order valence-corrected chi connectivity index (χ1v) is 7.62. The average molecular weight is 308 g/mol. The molecule has 0 fully saturated rings. The summed E-state index contributed by atoms with van der Waals surface area (Å²) in [5.41, 5.74) is 2.36. The number of aryl methyl sites for hydroxylation is 2. The van der Waals surface area contributed by atoms with E-state index in [0.29, 0.717) is 11.9 Å². The third kappa shape index (κ3) is 2.61. The standard InChI is InChI=1S/C14H16N2O4S/c1-8-9(4-7-12(17)18)13-11(21-3)6-5-10(16(19)20)14(13)15(8)2/h5-6H,4,7H2,1-3H3,(H,17,18). The van der Waals surface area contributed by atoms with Gasteiger partial charge in [0.05, 0.1) is 4.92 Å². The van der Waals surface area contributed by atoms with Crippen molar-refractivity contribution in [2.45, 2.75) is 24.7 Å². The molecule has 1 aromatic carbocycles. The zero-order chi connectivity index (χ0) is 15.7. The molecule has 0 aliphatic heterocycles. The highest BCUT2D eigenvalue weighted by molar-refractivity contribution is 7.98. The van der Waals surface area contributed by atoms with Gasteiger partial charge in [0.25, 0.3) is 5.69 Å². The molecule has 1 aromatic heterocycles. The molecule has 0 atom stereocenters. The van der Waals surface area contributed by atoms with E-state index in [-0.39, 0.29) is 12.1 Å². The number of aromatic nitrogens is 1. The number of fused-ring (bicyclic) bond motifs is 1. The molecular formula is C14H16N2O4S. The van der Waals surface area contributed by atoms with Crippen molar-refractivity contribution in [2.24, 2.45) is 7.05 Å². The van der Waals surface area contributed by atoms with E-state index in [4.69, 9.17) is 5.11 Å². The molecule has 21 heavy (non-hydrogen) atoms. The van der Waals surface area contributed by atoms with Gasteiger partial charge in [0.1, 0.15) is 5.52 Å². The predicted molar refractivity (Wildman–Crippen MR) is 82.0 cm³/mol. The van der Waals surface area contributed by atoms with Crippen molar-refractivity contribution in [1.29, 1.82) is 0 Å². The maximum Gasteiger partial charge on any atom is 0.303 e. The quantitative estimate of drug-likeness (QED) is 0.521. The van der Waals surface area contributed by atoms with Gasteiger partial charge in [-0.1, -0.05) is 0 Å². The zero-order valence-electron chi connectivity index (χ0n) is 12.0. The summed E-state index contributed by atoms with van der Waals surface area (Å²) in [6.07, 6.45) is 2.29. The third-order valence-corrected chi connectivity index (χ3v) is 4.48. The Kier molecular flexibility index (Phi) is 4.22. The number of nitro benzene ring substituents is 1. The van der Waals surface area contributed by atoms with Gasteiger partial charge in [-0.15, -0.1) is 11.8 Å². The number of thioether (sulfide) groups is 1. The smallest absolute Gasteiger partial charge is 0.303 e. The van der Waals surface area contributed by atoms with Crippen LogP contribution >= 0.6 is 11.8 Å². The van der Waals surface area contributed by atoms with Crippen molar-refractivity contribution in [3.05, 3.63) is 33.5 Å². The summed E-state index contributed by atoms with van der Waals surface area (Å²) >= 11 is 1.51. The number of carboxylic acids is 1. The first kappa shape index (κ1) is 15.4. The number of carbonyl (C=O) groups is 1. The Morgan fingerprint density at radius 2 is 2.14 bits per heavy atom. The second kappa shape index (κ2) is 5.77. The van der Waals surface area contributed by atoms with Crippen LogP contribution in [0.1, 0.15) is 17.7 Å². The monoisotopic (exact) mass is 308 g/mol. The Bertz CT molecular complexity index is 736. The summed E-state index contributed by atoms with van der Waals surface area (Å²) in [5, 5.41) is 20.9. The molecular weight excluding hydrogens is 292 g/mol. The van der Waals surface area contributed by atoms with Gasteiger partial charge in [0.2, 0.25) is 0 Å². The van der Waals surface area contributed by atoms with Crippen LogP contribution < -0.4 is 0 Å². The largest absolute Gasteiger partial charge is 0.481 e. The van der Waals surface area contributed by atoms with E-state index in [1.807, 2.05) is 13.2 Å². The van der Waals surface area contributed by atoms with Crippen molar-refractivity contribution >= 4 is 34.3 Å². The van der Waals surface area contributed by atoms with E-state index in [9.17, 15) is 14.9 Å². The molecule has 0 aliphatic carbocycles. The topological polar surface area (TPSA) is 85.4 Å². The summed E-state index contributed by atoms with van der Waals surface area (Å²) in [5.74, 6) is -0.873. The molecule has 112 valence electrons. The number of benzene rings is 1. The molecule has 0 unspecified atom stereocenters. The molecule has 2 aromatic rings. The fraction of sp³-hybridized carbons (Fsp3) is 0.357. The first-order chi connectivity index (χ1) is 9.88. The van der Waals surface area contributed by atoms with Crippen molar-refractivity contribution in [1.82, 2.24) is 4.57 Å². The van der Waals surface area contributed by atoms with Crippen molar-refractivity contribution in [3.63, 3.8) is 0 Å². The highest BCUT2D eigenvalue weighted by Crippen LogP contribution is 2.38. The van der Waals surface area contributed by atoms with Crippen LogP contribution in [0.5, 0.6) is 0 Å². The minimum absolute atomic E-state index is 0.0104. The van der Waals surface area contributed by atoms with Crippen LogP contribution in [0.3, 0.4) is 0 Å². The number of nitrogens with zero attached hydrogens (tertiary/aromatic N) is 2. The SMILES string of the molecule is CSc1ccc([N+](=O)[O-])c2c1c(CCC(=O)O)c(C)n2C. The molecule has 2 rings (SSSR count). The van der Waals surface area contributed by atoms with E-state index >= 15 is 0 Å². The molecule has 0 spiro atoms. The highest BCUT2D eigenvalue weighted by Gasteiger charge is 2.23. The molecule has 6 nitrogen and oxygen atoms in total. The summed E-state index contributed by atoms with van der Waals surface area (Å²) in [7, 11) is 1.78. The molecule has 0 saturated heterocycles. The Morgan fingerprint density at radius 3 is 2.67 bits per heavy atom. The van der Waals surface area contributed by atoms with Crippen LogP contribution in [0.4, 0.5) is 5.69 Å². The van der Waals surface area contributed by atoms with Gasteiger partial charge in [0, 0.05) is 35.5 Å². The van der Waals surface area contributed by atoms with Gasteiger partial charge in [0.15, 0.2) is 0 Å². The van der Waals surface area contributed by atoms with Gasteiger partial charge in [-0.25, -0.2) is 0 Å². The van der Waals surface area contributed by atoms with Gasteiger partial charge < -0.3 is 9.67 Å². The van der Waals surface area contributed by atoms with Crippen LogP contribution in [0.25, 0.3) is 10.9 Å². The van der Waals surface area contributed by atoms with Crippen LogP contribution in [-0.2, 0) is 18.3 Å². The van der Waals surface area contributed by atoms with E-state index in [0.717, 1.165) is 21.5 Å². The lowest BCUT2D eigenvalue weighted by Gasteiger charge is -2.04. The number of rotatable bonds is 5. The molecule has 0 bridgehead atoms. The lowest BCUT2D eigenvalue weighted by molar-refractivity contribution is -0.383. The Balaban J connectivity index is 2.79. The van der Waals surface area contributed by atoms with Crippen LogP contribution in [0.2, 0.25) is 0 Å². The molecule has 0 saturated carbocycles. The number of carboxylic acid groups (broad SMARTS) is 1. The molecule has 0 aliphatic rings.